The number of aryl methyl sites for hydroxylation is 2. The number of fused-ring (bicyclic) bond motifs is 1. The Balaban J connectivity index is 1.72. The number of nitrogens with zero attached hydrogens (tertiary/aromatic N) is 1. The van der Waals surface area contributed by atoms with Crippen LogP contribution in [-0.4, -0.2) is 17.6 Å². The highest BCUT2D eigenvalue weighted by Crippen LogP contribution is 2.30. The van der Waals surface area contributed by atoms with Crippen molar-refractivity contribution in [1.82, 2.24) is 4.98 Å². The van der Waals surface area contributed by atoms with E-state index in [1.807, 2.05) is 50.4 Å². The predicted octanol–water partition coefficient (Wildman–Crippen LogP) is 4.60. The first kappa shape index (κ1) is 17.4. The van der Waals surface area contributed by atoms with Gasteiger partial charge in [-0.1, -0.05) is 6.07 Å². The number of rotatable bonds is 6. The third-order valence-corrected chi connectivity index (χ3v) is 4.99. The van der Waals surface area contributed by atoms with E-state index in [2.05, 4.69) is 11.1 Å². The van der Waals surface area contributed by atoms with Crippen molar-refractivity contribution in [1.29, 1.82) is 0 Å². The smallest absolute Gasteiger partial charge is 0.310 e. The van der Waals surface area contributed by atoms with Crippen molar-refractivity contribution in [2.75, 3.05) is 6.61 Å². The maximum absolute atomic E-state index is 11.7. The highest BCUT2D eigenvalue weighted by Gasteiger charge is 2.11. The third kappa shape index (κ3) is 4.17. The van der Waals surface area contributed by atoms with Crippen LogP contribution in [0.2, 0.25) is 0 Å². The molecule has 0 aliphatic rings. The molecule has 0 amide bonds. The molecule has 0 spiro atoms. The summed E-state index contributed by atoms with van der Waals surface area (Å²) in [6, 6.07) is 10.0. The van der Waals surface area contributed by atoms with Gasteiger partial charge in [0.05, 0.1) is 13.0 Å². The van der Waals surface area contributed by atoms with Gasteiger partial charge in [0.25, 0.3) is 0 Å². The molecule has 25 heavy (non-hydrogen) atoms. The van der Waals surface area contributed by atoms with Gasteiger partial charge in [0.1, 0.15) is 12.4 Å². The molecule has 130 valence electrons. The van der Waals surface area contributed by atoms with Crippen LogP contribution in [0, 0.1) is 13.8 Å². The number of esters is 1. The lowest BCUT2D eigenvalue weighted by Gasteiger charge is -2.09. The first-order valence-electron chi connectivity index (χ1n) is 8.28. The quantitative estimate of drug-likeness (QED) is 0.607. The number of hydrogen-bond acceptors (Lipinski definition) is 5. The van der Waals surface area contributed by atoms with E-state index in [0.29, 0.717) is 19.6 Å². The zero-order chi connectivity index (χ0) is 17.8. The molecule has 0 saturated heterocycles. The van der Waals surface area contributed by atoms with Crippen LogP contribution in [0.3, 0.4) is 0 Å². The van der Waals surface area contributed by atoms with Crippen molar-refractivity contribution in [2.45, 2.75) is 33.8 Å². The molecular weight excluding hydrogens is 334 g/mol. The van der Waals surface area contributed by atoms with E-state index in [9.17, 15) is 4.79 Å². The first-order valence-corrected chi connectivity index (χ1v) is 9.16. The Morgan fingerprint density at radius 2 is 2.00 bits per heavy atom. The molecule has 0 radical (unpaired) electrons. The number of carbonyl (C=O) groups excluding carboxylic acids is 1. The van der Waals surface area contributed by atoms with Gasteiger partial charge < -0.3 is 9.47 Å². The summed E-state index contributed by atoms with van der Waals surface area (Å²) in [6.45, 7) is 6.70. The Labute approximate surface area is 151 Å². The lowest BCUT2D eigenvalue weighted by molar-refractivity contribution is -0.142. The average Bonchev–Trinajstić information content (AvgIpc) is 2.96. The molecule has 0 unspecified atom stereocenters. The molecule has 0 atom stereocenters. The highest BCUT2D eigenvalue weighted by molar-refractivity contribution is 7.17. The van der Waals surface area contributed by atoms with E-state index >= 15 is 0 Å². The zero-order valence-electron chi connectivity index (χ0n) is 14.7. The van der Waals surface area contributed by atoms with E-state index < -0.39 is 0 Å². The molecule has 0 aliphatic carbocycles. The highest BCUT2D eigenvalue weighted by atomic mass is 32.1. The standard InChI is InChI=1S/C20H21NO3S/c1-4-23-20(22)9-16-12-25-19-10-17(7-8-18(16)19)24-11-15-6-5-13(2)21-14(15)3/h5-8,10,12H,4,9,11H2,1-3H3. The lowest BCUT2D eigenvalue weighted by atomic mass is 10.1. The molecule has 0 fully saturated rings. The van der Waals surface area contributed by atoms with Gasteiger partial charge in [-0.3, -0.25) is 9.78 Å². The summed E-state index contributed by atoms with van der Waals surface area (Å²) in [5.41, 5.74) is 4.09. The molecule has 2 heterocycles. The van der Waals surface area contributed by atoms with E-state index in [-0.39, 0.29) is 5.97 Å². The minimum absolute atomic E-state index is 0.190. The van der Waals surface area contributed by atoms with Gasteiger partial charge in [-0.2, -0.15) is 0 Å². The number of hydrogen-bond donors (Lipinski definition) is 0. The summed E-state index contributed by atoms with van der Waals surface area (Å²) in [4.78, 5) is 16.1. The van der Waals surface area contributed by atoms with Crippen LogP contribution in [0.5, 0.6) is 5.75 Å². The number of pyridine rings is 1. The molecule has 0 aliphatic heterocycles. The zero-order valence-corrected chi connectivity index (χ0v) is 15.5. The van der Waals surface area contributed by atoms with Crippen molar-refractivity contribution in [3.63, 3.8) is 0 Å². The molecule has 5 heteroatoms. The van der Waals surface area contributed by atoms with Crippen molar-refractivity contribution in [3.05, 3.63) is 58.2 Å². The molecular formula is C20H21NO3S. The van der Waals surface area contributed by atoms with Crippen LogP contribution in [0.25, 0.3) is 10.1 Å². The second kappa shape index (κ2) is 7.66. The lowest BCUT2D eigenvalue weighted by Crippen LogP contribution is -2.06. The summed E-state index contributed by atoms with van der Waals surface area (Å²) in [5, 5.41) is 3.10. The van der Waals surface area contributed by atoms with E-state index in [0.717, 1.165) is 38.4 Å². The Hall–Kier alpha value is -2.40. The third-order valence-electron chi connectivity index (χ3n) is 4.00. The fourth-order valence-corrected chi connectivity index (χ4v) is 3.68. The number of carbonyl (C=O) groups is 1. The van der Waals surface area contributed by atoms with Crippen LogP contribution in [0.15, 0.2) is 35.7 Å². The number of ether oxygens (including phenoxy) is 2. The van der Waals surface area contributed by atoms with Gasteiger partial charge in [0.15, 0.2) is 0 Å². The van der Waals surface area contributed by atoms with Crippen LogP contribution >= 0.6 is 11.3 Å². The maximum Gasteiger partial charge on any atom is 0.310 e. The number of benzene rings is 1. The Morgan fingerprint density at radius 1 is 1.16 bits per heavy atom. The maximum atomic E-state index is 11.7. The van der Waals surface area contributed by atoms with Gasteiger partial charge in [-0.25, -0.2) is 0 Å². The second-order valence-electron chi connectivity index (χ2n) is 5.89. The van der Waals surface area contributed by atoms with Gasteiger partial charge in [0.2, 0.25) is 0 Å². The topological polar surface area (TPSA) is 48.4 Å². The van der Waals surface area contributed by atoms with Crippen molar-refractivity contribution < 1.29 is 14.3 Å². The van der Waals surface area contributed by atoms with Crippen molar-refractivity contribution in [2.24, 2.45) is 0 Å². The Bertz CT molecular complexity index is 901. The molecule has 0 saturated carbocycles. The fraction of sp³-hybridized carbons (Fsp3) is 0.300. The molecule has 3 aromatic rings. The monoisotopic (exact) mass is 355 g/mol. The molecule has 3 rings (SSSR count). The van der Waals surface area contributed by atoms with Gasteiger partial charge in [0, 0.05) is 21.7 Å². The molecule has 2 aromatic heterocycles. The summed E-state index contributed by atoms with van der Waals surface area (Å²) < 4.78 is 12.1. The Morgan fingerprint density at radius 3 is 2.76 bits per heavy atom. The molecule has 4 nitrogen and oxygen atoms in total. The van der Waals surface area contributed by atoms with Gasteiger partial charge in [-0.05, 0) is 61.4 Å². The van der Waals surface area contributed by atoms with Crippen molar-refractivity contribution in [3.8, 4) is 5.75 Å². The van der Waals surface area contributed by atoms with E-state index in [4.69, 9.17) is 9.47 Å². The molecule has 0 N–H and O–H groups in total. The fourth-order valence-electron chi connectivity index (χ4n) is 2.69. The normalized spacial score (nSPS) is 10.8. The van der Waals surface area contributed by atoms with E-state index in [1.54, 1.807) is 11.3 Å². The summed E-state index contributed by atoms with van der Waals surface area (Å²) in [7, 11) is 0. The Kier molecular flexibility index (Phi) is 5.34. The predicted molar refractivity (Wildman–Crippen MR) is 100 cm³/mol. The molecule has 1 aromatic carbocycles. The van der Waals surface area contributed by atoms with Gasteiger partial charge in [-0.15, -0.1) is 11.3 Å². The van der Waals surface area contributed by atoms with Crippen LogP contribution < -0.4 is 4.74 Å². The second-order valence-corrected chi connectivity index (χ2v) is 6.80. The average molecular weight is 355 g/mol. The van der Waals surface area contributed by atoms with Crippen LogP contribution in [0.4, 0.5) is 0 Å². The van der Waals surface area contributed by atoms with Crippen LogP contribution in [-0.2, 0) is 22.6 Å². The number of thiophene rings is 1. The number of aromatic nitrogens is 1. The molecule has 0 bridgehead atoms. The summed E-state index contributed by atoms with van der Waals surface area (Å²) in [5.74, 6) is 0.627. The van der Waals surface area contributed by atoms with Crippen LogP contribution in [0.1, 0.15) is 29.4 Å². The van der Waals surface area contributed by atoms with E-state index in [1.165, 1.54) is 0 Å². The minimum Gasteiger partial charge on any atom is -0.489 e. The summed E-state index contributed by atoms with van der Waals surface area (Å²) >= 11 is 1.61. The first-order chi connectivity index (χ1) is 12.1. The van der Waals surface area contributed by atoms with Crippen molar-refractivity contribution >= 4 is 27.4 Å². The summed E-state index contributed by atoms with van der Waals surface area (Å²) in [6.07, 6.45) is 0.308. The van der Waals surface area contributed by atoms with Gasteiger partial charge >= 0.3 is 5.97 Å². The minimum atomic E-state index is -0.190. The largest absolute Gasteiger partial charge is 0.489 e. The SMILES string of the molecule is CCOC(=O)Cc1csc2cc(OCc3ccc(C)nc3C)ccc12.